The molecule has 35 valence electrons. The molecule has 0 saturated heterocycles. The SMILES string of the molecule is P.[B].[O-2].[Pb+2].[SiH4].[W]. The molecule has 0 saturated carbocycles. The number of hydrogen-bond donors (Lipinski definition) is 0. The second-order valence-corrected chi connectivity index (χ2v) is 0. The van der Waals surface area contributed by atoms with E-state index in [0.29, 0.717) is 0 Å². The fourth-order valence-corrected chi connectivity index (χ4v) is 0. The van der Waals surface area contributed by atoms with E-state index in [4.69, 9.17) is 0 Å². The van der Waals surface area contributed by atoms with Gasteiger partial charge in [0, 0.05) is 29.5 Å². The van der Waals surface area contributed by atoms with Gasteiger partial charge in [0.25, 0.3) is 0 Å². The van der Waals surface area contributed by atoms with Gasteiger partial charge in [0.05, 0.1) is 0 Å². The standard InChI is InChI=1S/B.O.H3P.Pb.H4Si.W/h;;1H3;;1H4;/q;-2;;+2;;. The maximum Gasteiger partial charge on any atom is 2.00 e. The monoisotopic (exact) mass is 485 g/mol. The van der Waals surface area contributed by atoms with Gasteiger partial charge in [-0.1, -0.05) is 0 Å². The van der Waals surface area contributed by atoms with Gasteiger partial charge in [0.1, 0.15) is 0 Å². The average molecular weight is 484 g/mol. The van der Waals surface area contributed by atoms with Crippen LogP contribution in [0.25, 0.3) is 0 Å². The Kier molecular flexibility index (Phi) is 776. The van der Waals surface area contributed by atoms with E-state index in [9.17, 15) is 0 Å². The van der Waals surface area contributed by atoms with Gasteiger partial charge in [-0.2, -0.15) is 9.90 Å². The molecule has 0 aromatic heterocycles. The summed E-state index contributed by atoms with van der Waals surface area (Å²) in [5.74, 6) is 0. The Morgan fingerprint density at radius 2 is 1.00 bits per heavy atom. The van der Waals surface area contributed by atoms with Crippen molar-refractivity contribution in [1.82, 2.24) is 0 Å². The van der Waals surface area contributed by atoms with Crippen molar-refractivity contribution in [1.29, 1.82) is 0 Å². The fourth-order valence-electron chi connectivity index (χ4n) is 0. The van der Waals surface area contributed by atoms with Crippen LogP contribution in [0, 0.1) is 0 Å². The molecule has 0 amide bonds. The van der Waals surface area contributed by atoms with Crippen LogP contribution in [0.4, 0.5) is 0 Å². The first-order valence-electron chi connectivity index (χ1n) is 0. The van der Waals surface area contributed by atoms with Crippen LogP contribution in [-0.4, -0.2) is 46.7 Å². The van der Waals surface area contributed by atoms with Crippen molar-refractivity contribution in [2.45, 2.75) is 0 Å². The molecule has 0 aromatic rings. The summed E-state index contributed by atoms with van der Waals surface area (Å²) in [5.41, 5.74) is 0. The Hall–Kier alpha value is 2.28. The zero-order valence-electron chi connectivity index (χ0n) is 2.60. The van der Waals surface area contributed by atoms with Gasteiger partial charge >= 0.3 is 27.3 Å². The van der Waals surface area contributed by atoms with Crippen molar-refractivity contribution in [3.05, 3.63) is 0 Å². The Morgan fingerprint density at radius 3 is 1.00 bits per heavy atom. The molecule has 0 bridgehead atoms. The van der Waals surface area contributed by atoms with Crippen molar-refractivity contribution >= 4 is 56.6 Å². The van der Waals surface area contributed by atoms with E-state index in [-0.39, 0.29) is 83.1 Å². The molecule has 0 aliphatic rings. The quantitative estimate of drug-likeness (QED) is 0.274. The third kappa shape index (κ3) is 33.7. The van der Waals surface area contributed by atoms with E-state index in [0.717, 1.165) is 0 Å². The number of rotatable bonds is 0. The molecule has 0 N–H and O–H groups in total. The van der Waals surface area contributed by atoms with Gasteiger partial charge in [-0.25, -0.2) is 0 Å². The predicted octanol–water partition coefficient (Wildman–Crippen LogP) is -2.28. The first-order valence-corrected chi connectivity index (χ1v) is 0. The molecule has 1 unspecified atom stereocenters. The Balaban J connectivity index is 0. The molecule has 1 atom stereocenters. The molecule has 0 heterocycles. The minimum absolute atomic E-state index is 0. The zero-order valence-corrected chi connectivity index (χ0v) is 10.8. The molecular formula is H7BOPPbSiW. The van der Waals surface area contributed by atoms with Crippen LogP contribution < -0.4 is 0 Å². The predicted molar refractivity (Wildman–Crippen MR) is 34.6 cm³/mol. The smallest absolute Gasteiger partial charge is 2.00 e. The van der Waals surface area contributed by atoms with Crippen molar-refractivity contribution < 1.29 is 26.5 Å². The maximum atomic E-state index is 0. The second-order valence-electron chi connectivity index (χ2n) is 0. The van der Waals surface area contributed by atoms with E-state index in [1.807, 2.05) is 0 Å². The van der Waals surface area contributed by atoms with Crippen molar-refractivity contribution in [3.8, 4) is 0 Å². The molecule has 1 nitrogen and oxygen atoms in total. The van der Waals surface area contributed by atoms with Crippen LogP contribution in [0.5, 0.6) is 0 Å². The van der Waals surface area contributed by atoms with Gasteiger partial charge in [-0.05, 0) is 11.0 Å². The zero-order chi connectivity index (χ0) is 0. The normalized spacial score (nSPS) is 0. The third-order valence-electron chi connectivity index (χ3n) is 0. The van der Waals surface area contributed by atoms with E-state index in [1.165, 1.54) is 0 Å². The van der Waals surface area contributed by atoms with E-state index >= 15 is 0 Å². The minimum Gasteiger partial charge on any atom is -2.00 e. The van der Waals surface area contributed by atoms with Crippen LogP contribution in [0.2, 0.25) is 0 Å². The number of hydrogen-bond acceptors (Lipinski definition) is 0. The summed E-state index contributed by atoms with van der Waals surface area (Å²) in [7, 11) is 0. The summed E-state index contributed by atoms with van der Waals surface area (Å²) in [6, 6.07) is 0. The van der Waals surface area contributed by atoms with Gasteiger partial charge in [0.15, 0.2) is 0 Å². The van der Waals surface area contributed by atoms with Crippen molar-refractivity contribution in [2.24, 2.45) is 0 Å². The summed E-state index contributed by atoms with van der Waals surface area (Å²) in [4.78, 5) is 0. The summed E-state index contributed by atoms with van der Waals surface area (Å²) >= 11 is 0. The largest absolute Gasteiger partial charge is 2.00 e. The minimum atomic E-state index is 0. The molecule has 0 spiro atoms. The molecular weight excluding hydrogens is 477 g/mol. The van der Waals surface area contributed by atoms with Crippen LogP contribution in [-0.2, 0) is 26.5 Å². The summed E-state index contributed by atoms with van der Waals surface area (Å²) < 4.78 is 0. The van der Waals surface area contributed by atoms with Crippen molar-refractivity contribution in [3.63, 3.8) is 0 Å². The van der Waals surface area contributed by atoms with E-state index in [1.54, 1.807) is 0 Å². The molecule has 0 aliphatic heterocycles. The molecule has 0 aromatic carbocycles. The molecule has 0 rings (SSSR count). The van der Waals surface area contributed by atoms with Crippen LogP contribution >= 0.6 is 9.90 Å². The first-order chi connectivity index (χ1) is 0. The average Bonchev–Trinajstić information content (AvgIpc) is 0. The maximum absolute atomic E-state index is 0. The van der Waals surface area contributed by atoms with Gasteiger partial charge in [0.2, 0.25) is 0 Å². The topological polar surface area (TPSA) is 28.5 Å². The molecule has 6 heavy (non-hydrogen) atoms. The Morgan fingerprint density at radius 1 is 1.00 bits per heavy atom. The van der Waals surface area contributed by atoms with E-state index < -0.39 is 0 Å². The van der Waals surface area contributed by atoms with Crippen molar-refractivity contribution in [2.75, 3.05) is 0 Å². The Bertz CT molecular complexity index is 15.5. The first kappa shape index (κ1) is 84.3. The molecule has 0 fully saturated rings. The van der Waals surface area contributed by atoms with Gasteiger partial charge in [-0.15, -0.1) is 0 Å². The van der Waals surface area contributed by atoms with Gasteiger partial charge in [-0.3, -0.25) is 0 Å². The van der Waals surface area contributed by atoms with Gasteiger partial charge < -0.3 is 5.48 Å². The summed E-state index contributed by atoms with van der Waals surface area (Å²) in [6.07, 6.45) is 0. The Labute approximate surface area is 82.4 Å². The summed E-state index contributed by atoms with van der Waals surface area (Å²) in [5, 5.41) is 0. The third-order valence-corrected chi connectivity index (χ3v) is 0. The molecule has 5 radical (unpaired) electrons. The van der Waals surface area contributed by atoms with Crippen LogP contribution in [0.15, 0.2) is 0 Å². The van der Waals surface area contributed by atoms with Crippen LogP contribution in [0.1, 0.15) is 0 Å². The van der Waals surface area contributed by atoms with E-state index in [2.05, 4.69) is 0 Å². The van der Waals surface area contributed by atoms with Crippen LogP contribution in [0.3, 0.4) is 0 Å². The fraction of sp³-hybridized carbons (Fsp3) is 0. The summed E-state index contributed by atoms with van der Waals surface area (Å²) in [6.45, 7) is 0. The molecule has 6 heteroatoms. The molecule has 0 aliphatic carbocycles. The second kappa shape index (κ2) is 55.2.